The maximum Gasteiger partial charge on any atom is 0.139 e. The van der Waals surface area contributed by atoms with Crippen LogP contribution < -0.4 is 0 Å². The topological polar surface area (TPSA) is 54.4 Å². The van der Waals surface area contributed by atoms with Crippen molar-refractivity contribution in [2.75, 3.05) is 0 Å². The van der Waals surface area contributed by atoms with Crippen molar-refractivity contribution in [1.29, 1.82) is 0 Å². The van der Waals surface area contributed by atoms with Gasteiger partial charge in [-0.15, -0.1) is 0 Å². The van der Waals surface area contributed by atoms with Gasteiger partial charge in [0.1, 0.15) is 11.6 Å². The van der Waals surface area contributed by atoms with Gasteiger partial charge in [-0.1, -0.05) is 95.9 Å². The highest BCUT2D eigenvalue weighted by Crippen LogP contribution is 2.65. The van der Waals surface area contributed by atoms with Crippen molar-refractivity contribution in [1.82, 2.24) is 0 Å². The molecular formula is C37H60O3. The van der Waals surface area contributed by atoms with Crippen molar-refractivity contribution in [3.05, 3.63) is 23.8 Å². The van der Waals surface area contributed by atoms with E-state index in [2.05, 4.69) is 39.0 Å². The molecule has 3 heteroatoms. The first-order chi connectivity index (χ1) is 19.3. The van der Waals surface area contributed by atoms with Crippen molar-refractivity contribution in [3.8, 4) is 0 Å². The summed E-state index contributed by atoms with van der Waals surface area (Å²) in [6.07, 6.45) is 30.1. The van der Waals surface area contributed by atoms with E-state index in [-0.39, 0.29) is 22.9 Å². The summed E-state index contributed by atoms with van der Waals surface area (Å²) in [5, 5.41) is 10.8. The number of ketones is 2. The van der Waals surface area contributed by atoms with E-state index in [1.54, 1.807) is 0 Å². The molecule has 0 aromatic heterocycles. The molecule has 0 amide bonds. The summed E-state index contributed by atoms with van der Waals surface area (Å²) >= 11 is 0. The number of unbranched alkanes of at least 4 members (excludes halogenated alkanes) is 11. The van der Waals surface area contributed by atoms with Crippen LogP contribution in [-0.4, -0.2) is 22.8 Å². The molecule has 0 heterocycles. The Morgan fingerprint density at radius 1 is 0.925 bits per heavy atom. The van der Waals surface area contributed by atoms with Crippen LogP contribution in [0.3, 0.4) is 0 Å². The molecule has 1 unspecified atom stereocenters. The number of carbonyl (C=O) groups is 2. The van der Waals surface area contributed by atoms with Gasteiger partial charge < -0.3 is 5.11 Å². The molecule has 1 N–H and O–H groups in total. The Hall–Kier alpha value is -1.22. The number of Topliss-reactive ketones (excluding diaryl/α,β-unsaturated/α-hetero) is 2. The molecular weight excluding hydrogens is 492 g/mol. The molecule has 0 aromatic carbocycles. The molecule has 3 saturated carbocycles. The van der Waals surface area contributed by atoms with Crippen molar-refractivity contribution in [3.63, 3.8) is 0 Å². The van der Waals surface area contributed by atoms with Crippen LogP contribution in [0.15, 0.2) is 23.8 Å². The Kier molecular flexibility index (Phi) is 11.7. The summed E-state index contributed by atoms with van der Waals surface area (Å²) in [5.41, 5.74) is 1.08. The largest absolute Gasteiger partial charge is 0.393 e. The highest BCUT2D eigenvalue weighted by Gasteiger charge is 2.61. The van der Waals surface area contributed by atoms with Crippen LogP contribution in [0.5, 0.6) is 0 Å². The Bertz CT molecular complexity index is 901. The lowest BCUT2D eigenvalue weighted by Crippen LogP contribution is -2.55. The molecule has 0 saturated heterocycles. The van der Waals surface area contributed by atoms with E-state index < -0.39 is 0 Å². The van der Waals surface area contributed by atoms with Crippen molar-refractivity contribution >= 4 is 11.6 Å². The smallest absolute Gasteiger partial charge is 0.139 e. The number of carbonyl (C=O) groups excluding carboxylic acids is 2. The van der Waals surface area contributed by atoms with Gasteiger partial charge in [0.25, 0.3) is 0 Å². The van der Waals surface area contributed by atoms with Crippen LogP contribution >= 0.6 is 0 Å². The minimum absolute atomic E-state index is 0.0615. The monoisotopic (exact) mass is 552 g/mol. The first-order valence-corrected chi connectivity index (χ1v) is 17.4. The minimum Gasteiger partial charge on any atom is -0.393 e. The van der Waals surface area contributed by atoms with Crippen LogP contribution in [0.4, 0.5) is 0 Å². The lowest BCUT2D eigenvalue weighted by molar-refractivity contribution is -0.140. The predicted molar refractivity (Wildman–Crippen MR) is 166 cm³/mol. The fraction of sp³-hybridized carbons (Fsp3) is 0.838. The maximum absolute atomic E-state index is 13.8. The van der Waals surface area contributed by atoms with Gasteiger partial charge >= 0.3 is 0 Å². The summed E-state index contributed by atoms with van der Waals surface area (Å²) in [6.45, 7) is 6.86. The van der Waals surface area contributed by atoms with Gasteiger partial charge in [0.2, 0.25) is 0 Å². The lowest BCUT2D eigenvalue weighted by atomic mass is 9.45. The molecule has 4 rings (SSSR count). The Balaban J connectivity index is 1.19. The molecule has 0 bridgehead atoms. The summed E-state index contributed by atoms with van der Waals surface area (Å²) in [6, 6.07) is 0. The highest BCUT2D eigenvalue weighted by molar-refractivity contribution is 5.87. The normalized spacial score (nSPS) is 35.4. The predicted octanol–water partition coefficient (Wildman–Crippen LogP) is 9.71. The number of rotatable bonds is 16. The SMILES string of the molecule is CCCCCCCCC=CCCCCCCCC(=O)C1C[C@H](O)CC2=CC[C@H]3[C@@H]4CCC(=O)[C@@]4(C)CC[C@@H]3[C@]21C. The average Bonchev–Trinajstić information content (AvgIpc) is 3.24. The molecule has 3 fully saturated rings. The second-order valence-corrected chi connectivity index (χ2v) is 14.5. The first kappa shape index (κ1) is 31.7. The molecule has 0 aliphatic heterocycles. The second-order valence-electron chi connectivity index (χ2n) is 14.5. The molecule has 7 atom stereocenters. The lowest BCUT2D eigenvalue weighted by Gasteiger charge is -2.59. The molecule has 4 aliphatic carbocycles. The number of allylic oxidation sites excluding steroid dienone is 3. The summed E-state index contributed by atoms with van der Waals surface area (Å²) < 4.78 is 0. The molecule has 4 aliphatic rings. The molecule has 0 radical (unpaired) electrons. The fourth-order valence-electron chi connectivity index (χ4n) is 9.52. The van der Waals surface area contributed by atoms with Gasteiger partial charge in [-0.25, -0.2) is 0 Å². The number of hydrogen-bond donors (Lipinski definition) is 1. The Morgan fingerprint density at radius 2 is 1.57 bits per heavy atom. The third-order valence-corrected chi connectivity index (χ3v) is 12.0. The molecule has 3 nitrogen and oxygen atoms in total. The highest BCUT2D eigenvalue weighted by atomic mass is 16.3. The number of aliphatic hydroxyl groups excluding tert-OH is 1. The third-order valence-electron chi connectivity index (χ3n) is 12.0. The third kappa shape index (κ3) is 7.04. The van der Waals surface area contributed by atoms with Gasteiger partial charge in [0.05, 0.1) is 6.10 Å². The standard InChI is InChI=1S/C37H60O3/c1-4-5-6-7-8-9-10-11-12-13-14-15-16-17-18-19-34(39)33-27-29(38)26-28-20-21-30-31-22-23-35(40)36(31,2)25-24-32(30)37(28,33)3/h11-12,20,29-33,38H,4-10,13-19,21-27H2,1-3H3/t29-,30+,31+,32+,33?,36+,37+/m1/s1. The second kappa shape index (κ2) is 14.8. The quantitative estimate of drug-likeness (QED) is 0.153. The van der Waals surface area contributed by atoms with Crippen LogP contribution in [0.2, 0.25) is 0 Å². The fourth-order valence-corrected chi connectivity index (χ4v) is 9.52. The zero-order chi connectivity index (χ0) is 28.6. The van der Waals surface area contributed by atoms with Crippen molar-refractivity contribution in [2.45, 2.75) is 162 Å². The minimum atomic E-state index is -0.388. The molecule has 226 valence electrons. The van der Waals surface area contributed by atoms with E-state index in [0.29, 0.717) is 42.2 Å². The zero-order valence-electron chi connectivity index (χ0n) is 26.2. The van der Waals surface area contributed by atoms with Crippen molar-refractivity contribution < 1.29 is 14.7 Å². The van der Waals surface area contributed by atoms with E-state index in [4.69, 9.17) is 0 Å². The van der Waals surface area contributed by atoms with E-state index in [1.165, 1.54) is 76.2 Å². The van der Waals surface area contributed by atoms with Gasteiger partial charge in [0.15, 0.2) is 0 Å². The molecule has 0 aromatic rings. The number of hydrogen-bond acceptors (Lipinski definition) is 3. The summed E-state index contributed by atoms with van der Waals surface area (Å²) in [7, 11) is 0. The van der Waals surface area contributed by atoms with Crippen molar-refractivity contribution in [2.24, 2.45) is 34.5 Å². The molecule has 40 heavy (non-hydrogen) atoms. The van der Waals surface area contributed by atoms with Gasteiger partial charge in [-0.3, -0.25) is 9.59 Å². The Morgan fingerprint density at radius 3 is 2.27 bits per heavy atom. The van der Waals surface area contributed by atoms with Crippen LogP contribution in [-0.2, 0) is 9.59 Å². The van der Waals surface area contributed by atoms with E-state index in [9.17, 15) is 14.7 Å². The molecule has 0 spiro atoms. The number of fused-ring (bicyclic) bond motifs is 5. The van der Waals surface area contributed by atoms with Crippen LogP contribution in [0.25, 0.3) is 0 Å². The summed E-state index contributed by atoms with van der Waals surface area (Å²) in [5.74, 6) is 2.28. The van der Waals surface area contributed by atoms with E-state index >= 15 is 0 Å². The van der Waals surface area contributed by atoms with Crippen LogP contribution in [0, 0.1) is 34.5 Å². The first-order valence-electron chi connectivity index (χ1n) is 17.4. The summed E-state index contributed by atoms with van der Waals surface area (Å²) in [4.78, 5) is 26.6. The van der Waals surface area contributed by atoms with Gasteiger partial charge in [-0.05, 0) is 88.4 Å². The number of aliphatic hydroxyl groups is 1. The van der Waals surface area contributed by atoms with Gasteiger partial charge in [0, 0.05) is 29.6 Å². The maximum atomic E-state index is 13.8. The van der Waals surface area contributed by atoms with E-state index in [1.807, 2.05) is 0 Å². The van der Waals surface area contributed by atoms with Crippen LogP contribution in [0.1, 0.15) is 156 Å². The Labute approximate surface area is 246 Å². The van der Waals surface area contributed by atoms with Gasteiger partial charge in [-0.2, -0.15) is 0 Å². The average molecular weight is 553 g/mol. The van der Waals surface area contributed by atoms with E-state index in [0.717, 1.165) is 51.4 Å². The zero-order valence-corrected chi connectivity index (χ0v) is 26.2.